The molecule has 3 aromatic rings. The van der Waals surface area contributed by atoms with E-state index >= 15 is 0 Å². The van der Waals surface area contributed by atoms with Gasteiger partial charge < -0.3 is 15.0 Å². The maximum atomic E-state index is 13.5. The van der Waals surface area contributed by atoms with E-state index in [0.29, 0.717) is 43.3 Å². The number of nitrogens with zero attached hydrogens (tertiary/aromatic N) is 5. The second-order valence-electron chi connectivity index (χ2n) is 11.4. The summed E-state index contributed by atoms with van der Waals surface area (Å²) in [5, 5.41) is 17.7. The van der Waals surface area contributed by atoms with Crippen LogP contribution in [0, 0.1) is 17.2 Å². The molecule has 3 fully saturated rings. The molecule has 0 bridgehead atoms. The monoisotopic (exact) mass is 576 g/mol. The largest absolute Gasteiger partial charge is 0.481 e. The highest BCUT2D eigenvalue weighted by Gasteiger charge is 2.47. The van der Waals surface area contributed by atoms with E-state index in [0.717, 1.165) is 53.9 Å². The number of pyridine rings is 1. The fraction of sp³-hybridized carbons (Fsp3) is 0.467. The van der Waals surface area contributed by atoms with Gasteiger partial charge in [0.15, 0.2) is 0 Å². The van der Waals surface area contributed by atoms with Crippen LogP contribution in [0.5, 0.6) is 5.88 Å². The van der Waals surface area contributed by atoms with Crippen LogP contribution in [0.25, 0.3) is 16.8 Å². The Morgan fingerprint density at radius 2 is 1.80 bits per heavy atom. The Bertz CT molecular complexity index is 1440. The maximum absolute atomic E-state index is 13.5. The Morgan fingerprint density at radius 1 is 1.10 bits per heavy atom. The second-order valence-corrected chi connectivity index (χ2v) is 13.8. The number of hydrogen-bond acceptors (Lipinski definition) is 8. The lowest BCUT2D eigenvalue weighted by atomic mass is 9.75. The average molecular weight is 577 g/mol. The van der Waals surface area contributed by atoms with Crippen LogP contribution in [0.15, 0.2) is 48.8 Å². The number of aromatic nitrogens is 3. The molecule has 216 valence electrons. The smallest absolute Gasteiger partial charge is 0.225 e. The average Bonchev–Trinajstić information content (AvgIpc) is 3.63. The Morgan fingerprint density at radius 3 is 2.44 bits per heavy atom. The van der Waals surface area contributed by atoms with Gasteiger partial charge in [0.05, 0.1) is 42.3 Å². The minimum atomic E-state index is -2.46. The van der Waals surface area contributed by atoms with E-state index < -0.39 is 16.1 Å². The summed E-state index contributed by atoms with van der Waals surface area (Å²) in [4.78, 5) is 20.0. The second kappa shape index (κ2) is 11.0. The van der Waals surface area contributed by atoms with Gasteiger partial charge in [-0.05, 0) is 49.4 Å². The molecule has 2 atom stereocenters. The first kappa shape index (κ1) is 27.6. The number of rotatable bonds is 7. The first-order valence-corrected chi connectivity index (χ1v) is 16.1. The molecule has 2 saturated carbocycles. The summed E-state index contributed by atoms with van der Waals surface area (Å²) in [6, 6.07) is 14.3. The number of methoxy groups -OCH3 is 1. The van der Waals surface area contributed by atoms with Crippen molar-refractivity contribution in [3.8, 4) is 28.8 Å². The number of nitrogens with one attached hydrogen (secondary N) is 1. The maximum Gasteiger partial charge on any atom is 0.225 e. The van der Waals surface area contributed by atoms with Crippen molar-refractivity contribution in [3.05, 3.63) is 54.5 Å². The third kappa shape index (κ3) is 5.77. The normalized spacial score (nSPS) is 23.7. The quantitative estimate of drug-likeness (QED) is 0.359. The molecule has 1 saturated heterocycles. The highest BCUT2D eigenvalue weighted by molar-refractivity contribution is 8.24. The van der Waals surface area contributed by atoms with Gasteiger partial charge in [0, 0.05) is 48.4 Å². The molecule has 3 N–H and O–H groups in total. The zero-order valence-electron chi connectivity index (χ0n) is 23.2. The molecule has 2 aromatic heterocycles. The molecule has 3 heterocycles. The highest BCUT2D eigenvalue weighted by atomic mass is 32.3. The summed E-state index contributed by atoms with van der Waals surface area (Å²) in [5.41, 5.74) is 3.97. The first-order chi connectivity index (χ1) is 19.8. The van der Waals surface area contributed by atoms with Crippen molar-refractivity contribution in [1.82, 2.24) is 20.1 Å². The van der Waals surface area contributed by atoms with Crippen LogP contribution in [0.1, 0.15) is 50.1 Å². The summed E-state index contributed by atoms with van der Waals surface area (Å²) in [5.74, 6) is 0.920. The predicted octanol–water partition coefficient (Wildman–Crippen LogP) is 4.96. The molecule has 10 nitrogen and oxygen atoms in total. The van der Waals surface area contributed by atoms with Crippen molar-refractivity contribution in [2.24, 2.45) is 5.92 Å². The Kier molecular flexibility index (Phi) is 7.40. The van der Waals surface area contributed by atoms with E-state index in [2.05, 4.69) is 45.5 Å². The molecule has 2 aliphatic carbocycles. The van der Waals surface area contributed by atoms with Crippen LogP contribution in [0.4, 0.5) is 5.69 Å². The molecule has 3 aliphatic rings. The summed E-state index contributed by atoms with van der Waals surface area (Å²) in [6.45, 7) is 1.22. The molecule has 0 unspecified atom stereocenters. The van der Waals surface area contributed by atoms with Crippen molar-refractivity contribution in [3.63, 3.8) is 0 Å². The fourth-order valence-corrected chi connectivity index (χ4v) is 7.20. The van der Waals surface area contributed by atoms with Gasteiger partial charge in [0.25, 0.3) is 0 Å². The number of benzene rings is 1. The third-order valence-electron chi connectivity index (χ3n) is 8.64. The Labute approximate surface area is 241 Å². The Hall–Kier alpha value is -3.59. The van der Waals surface area contributed by atoms with Crippen LogP contribution in [0.3, 0.4) is 0 Å². The van der Waals surface area contributed by atoms with Crippen LogP contribution in [-0.2, 0) is 4.79 Å². The molecular weight excluding hydrogens is 540 g/mol. The number of amides is 1. The molecule has 1 aromatic carbocycles. The molecule has 6 rings (SSSR count). The topological polar surface area (TPSA) is 137 Å². The van der Waals surface area contributed by atoms with Crippen molar-refractivity contribution in [2.45, 2.75) is 50.0 Å². The van der Waals surface area contributed by atoms with Crippen LogP contribution in [-0.4, -0.2) is 67.0 Å². The van der Waals surface area contributed by atoms with E-state index in [9.17, 15) is 19.2 Å². The van der Waals surface area contributed by atoms with Gasteiger partial charge in [-0.2, -0.15) is 21.0 Å². The number of hydrogen-bond donors (Lipinski definition) is 3. The van der Waals surface area contributed by atoms with Gasteiger partial charge in [-0.1, -0.05) is 25.0 Å². The molecule has 11 heteroatoms. The van der Waals surface area contributed by atoms with Gasteiger partial charge in [-0.15, -0.1) is 0 Å². The number of carbonyl (C=O) groups excluding carboxylic acids is 1. The summed E-state index contributed by atoms with van der Waals surface area (Å²) < 4.78 is 27.0. The van der Waals surface area contributed by atoms with Crippen LogP contribution < -0.4 is 15.0 Å². The van der Waals surface area contributed by atoms with Crippen molar-refractivity contribution in [1.29, 1.82) is 5.26 Å². The molecule has 0 spiro atoms. The predicted molar refractivity (Wildman–Crippen MR) is 159 cm³/mol. The lowest BCUT2D eigenvalue weighted by Gasteiger charge is -2.41. The lowest BCUT2D eigenvalue weighted by molar-refractivity contribution is -0.127. The summed E-state index contributed by atoms with van der Waals surface area (Å²) >= 11 is 0. The van der Waals surface area contributed by atoms with Gasteiger partial charge in [-0.25, -0.2) is 9.67 Å². The zero-order valence-corrected chi connectivity index (χ0v) is 24.0. The number of nitriles is 1. The number of ether oxygens (including phenoxy) is 1. The number of carbonyl (C=O) groups is 1. The van der Waals surface area contributed by atoms with E-state index in [4.69, 9.17) is 9.84 Å². The number of anilines is 1. The van der Waals surface area contributed by atoms with Gasteiger partial charge in [0.2, 0.25) is 11.8 Å². The van der Waals surface area contributed by atoms with Crippen LogP contribution >= 0.6 is 10.6 Å². The third-order valence-corrected chi connectivity index (χ3v) is 10.3. The molecule has 1 aliphatic heterocycles. The van der Waals surface area contributed by atoms with Gasteiger partial charge in [0.1, 0.15) is 5.54 Å². The minimum Gasteiger partial charge on any atom is -0.481 e. The van der Waals surface area contributed by atoms with Gasteiger partial charge >= 0.3 is 0 Å². The Balaban J connectivity index is 1.34. The van der Waals surface area contributed by atoms with Crippen LogP contribution in [0.2, 0.25) is 0 Å². The molecule has 0 radical (unpaired) electrons. The minimum absolute atomic E-state index is 0.0493. The highest BCUT2D eigenvalue weighted by Crippen LogP contribution is 2.44. The molecule has 1 amide bonds. The first-order valence-electron chi connectivity index (χ1n) is 14.2. The molecule has 41 heavy (non-hydrogen) atoms. The summed E-state index contributed by atoms with van der Waals surface area (Å²) in [6.07, 6.45) is 8.74. The van der Waals surface area contributed by atoms with Crippen molar-refractivity contribution in [2.75, 3.05) is 36.6 Å². The zero-order chi connectivity index (χ0) is 28.6. The van der Waals surface area contributed by atoms with E-state index in [1.165, 1.54) is 0 Å². The molecular formula is C30H36N6O4S. The fourth-order valence-electron chi connectivity index (χ4n) is 5.97. The van der Waals surface area contributed by atoms with Crippen molar-refractivity contribution >= 4 is 22.2 Å². The SMILES string of the molecule is COc1ccc(-n2cc(-c3ccc(N4CCS(O)(O)CC4)cc3)c([C@@H]3CCCC[C@H]3C(=O)NC3(C#N)CC3)n2)cn1. The van der Waals surface area contributed by atoms with E-state index in [1.54, 1.807) is 19.4 Å². The van der Waals surface area contributed by atoms with Gasteiger partial charge in [-0.3, -0.25) is 13.9 Å². The van der Waals surface area contributed by atoms with Crippen molar-refractivity contribution < 1.29 is 18.6 Å². The summed E-state index contributed by atoms with van der Waals surface area (Å²) in [7, 11) is -0.878. The lowest BCUT2D eigenvalue weighted by Crippen LogP contribution is -2.42. The standard InChI is InChI=1S/C30H36N6O4S/c1-40-27-11-10-23(18-32-27)36-19-26(21-6-8-22(9-7-21)35-14-16-41(38,39)17-15-35)28(34-36)24-4-2-3-5-25(24)29(37)33-30(20-31)12-13-30/h6-11,18-19,24-25,38-39H,2-5,12-17H2,1H3,(H,33,37)/t24-,25-/m1/s1. The van der Waals surface area contributed by atoms with E-state index in [-0.39, 0.29) is 17.7 Å². The van der Waals surface area contributed by atoms with E-state index in [1.807, 2.05) is 16.9 Å².